The Morgan fingerprint density at radius 2 is 1.67 bits per heavy atom. The molecule has 1 aliphatic rings. The normalized spacial score (nSPS) is 15.1. The zero-order chi connectivity index (χ0) is 23.8. The lowest BCUT2D eigenvalue weighted by molar-refractivity contribution is -0.113. The third kappa shape index (κ3) is 5.22. The fourth-order valence-electron chi connectivity index (χ4n) is 3.99. The number of amides is 1. The second-order valence-corrected chi connectivity index (χ2v) is 9.32. The van der Waals surface area contributed by atoms with Crippen LogP contribution in [0.3, 0.4) is 0 Å². The predicted octanol–water partition coefficient (Wildman–Crippen LogP) is 5.24. The summed E-state index contributed by atoms with van der Waals surface area (Å²) in [5.41, 5.74) is 3.94. The number of rotatable bonds is 4. The number of fused-ring (bicyclic) bond motifs is 1. The van der Waals surface area contributed by atoms with E-state index in [1.807, 2.05) is 32.4 Å². The van der Waals surface area contributed by atoms with E-state index in [0.29, 0.717) is 25.2 Å². The molecule has 0 fully saturated rings. The van der Waals surface area contributed by atoms with Gasteiger partial charge in [0.05, 0.1) is 18.3 Å². The standard InChI is InChI=1S/C25H28F2N4O2/c1-16(17-5-9-19(26)10-6-17)31-22-13-14-30(33-24(32)28-25(2,3)4)15-21(22)23(29-31)18-7-11-20(27)12-8-18/h5-12,16H,13-15H2,1-4H3,(H,28,32)/t16-/m0/s1. The molecule has 33 heavy (non-hydrogen) atoms. The van der Waals surface area contributed by atoms with Gasteiger partial charge in [0.15, 0.2) is 0 Å². The zero-order valence-electron chi connectivity index (χ0n) is 19.2. The number of halogens is 2. The fraction of sp³-hybridized carbons (Fsp3) is 0.360. The number of hydrogen-bond acceptors (Lipinski definition) is 4. The SMILES string of the molecule is C[C@@H](c1ccc(F)cc1)n1nc(-c2ccc(F)cc2)c2c1CCN(OC(=O)NC(C)(C)C)C2. The first-order valence-corrected chi connectivity index (χ1v) is 11.0. The molecule has 0 radical (unpaired) electrons. The van der Waals surface area contributed by atoms with Crippen LogP contribution in [0.2, 0.25) is 0 Å². The van der Waals surface area contributed by atoms with Crippen molar-refractivity contribution in [3.8, 4) is 11.3 Å². The number of nitrogens with zero attached hydrogens (tertiary/aromatic N) is 3. The second-order valence-electron chi connectivity index (χ2n) is 9.32. The summed E-state index contributed by atoms with van der Waals surface area (Å²) in [6.45, 7) is 8.53. The van der Waals surface area contributed by atoms with Crippen molar-refractivity contribution in [3.05, 3.63) is 77.0 Å². The first-order chi connectivity index (χ1) is 15.6. The molecule has 0 unspecified atom stereocenters. The highest BCUT2D eigenvalue weighted by molar-refractivity contribution is 5.68. The van der Waals surface area contributed by atoms with Crippen molar-refractivity contribution in [2.24, 2.45) is 0 Å². The van der Waals surface area contributed by atoms with Crippen LogP contribution in [-0.4, -0.2) is 33.0 Å². The number of nitrogens with one attached hydrogen (secondary N) is 1. The first kappa shape index (κ1) is 22.9. The van der Waals surface area contributed by atoms with Crippen LogP contribution in [0.15, 0.2) is 48.5 Å². The van der Waals surface area contributed by atoms with Gasteiger partial charge in [-0.05, 0) is 69.7 Å². The van der Waals surface area contributed by atoms with E-state index in [-0.39, 0.29) is 17.7 Å². The van der Waals surface area contributed by atoms with Crippen LogP contribution >= 0.6 is 0 Å². The Labute approximate surface area is 192 Å². The lowest BCUT2D eigenvalue weighted by Crippen LogP contribution is -2.44. The monoisotopic (exact) mass is 454 g/mol. The Kier molecular flexibility index (Phi) is 6.21. The molecule has 1 atom stereocenters. The number of carbonyl (C=O) groups is 1. The van der Waals surface area contributed by atoms with Crippen molar-refractivity contribution < 1.29 is 18.4 Å². The molecule has 0 saturated heterocycles. The van der Waals surface area contributed by atoms with Gasteiger partial charge in [0, 0.05) is 35.3 Å². The van der Waals surface area contributed by atoms with Gasteiger partial charge < -0.3 is 10.2 Å². The average molecular weight is 455 g/mol. The molecule has 1 N–H and O–H groups in total. The van der Waals surface area contributed by atoms with Crippen molar-refractivity contribution in [2.75, 3.05) is 6.54 Å². The van der Waals surface area contributed by atoms with E-state index in [1.54, 1.807) is 29.3 Å². The number of aromatic nitrogens is 2. The molecule has 2 heterocycles. The summed E-state index contributed by atoms with van der Waals surface area (Å²) < 4.78 is 28.9. The molecule has 1 aliphatic heterocycles. The Bertz CT molecular complexity index is 1130. The average Bonchev–Trinajstić information content (AvgIpc) is 3.12. The van der Waals surface area contributed by atoms with Crippen molar-refractivity contribution in [2.45, 2.75) is 52.2 Å². The van der Waals surface area contributed by atoms with Gasteiger partial charge in [-0.15, -0.1) is 5.06 Å². The third-order valence-corrected chi connectivity index (χ3v) is 5.58. The van der Waals surface area contributed by atoms with Gasteiger partial charge in [0.1, 0.15) is 11.6 Å². The highest BCUT2D eigenvalue weighted by Gasteiger charge is 2.30. The number of carbonyl (C=O) groups excluding carboxylic acids is 1. The molecule has 3 aromatic rings. The van der Waals surface area contributed by atoms with E-state index < -0.39 is 11.6 Å². The number of hydroxylamine groups is 2. The van der Waals surface area contributed by atoms with Crippen LogP contribution in [0, 0.1) is 11.6 Å². The van der Waals surface area contributed by atoms with Gasteiger partial charge in [-0.3, -0.25) is 4.68 Å². The molecule has 2 aromatic carbocycles. The predicted molar refractivity (Wildman–Crippen MR) is 121 cm³/mol. The van der Waals surface area contributed by atoms with Crippen LogP contribution in [0.5, 0.6) is 0 Å². The summed E-state index contributed by atoms with van der Waals surface area (Å²) in [6.07, 6.45) is 0.0964. The van der Waals surface area contributed by atoms with Crippen LogP contribution < -0.4 is 5.32 Å². The minimum atomic E-state index is -0.513. The molecule has 0 spiro atoms. The minimum Gasteiger partial charge on any atom is -0.351 e. The van der Waals surface area contributed by atoms with Crippen molar-refractivity contribution >= 4 is 6.09 Å². The van der Waals surface area contributed by atoms with E-state index in [4.69, 9.17) is 9.94 Å². The summed E-state index contributed by atoms with van der Waals surface area (Å²) in [5, 5.41) is 9.29. The molecule has 0 bridgehead atoms. The summed E-state index contributed by atoms with van der Waals surface area (Å²) in [5.74, 6) is -0.614. The lowest BCUT2D eigenvalue weighted by atomic mass is 10.0. The Hall–Kier alpha value is -3.26. The van der Waals surface area contributed by atoms with Crippen LogP contribution in [0.25, 0.3) is 11.3 Å². The molecule has 8 heteroatoms. The van der Waals surface area contributed by atoms with Gasteiger partial charge >= 0.3 is 6.09 Å². The molecule has 174 valence electrons. The van der Waals surface area contributed by atoms with E-state index in [1.165, 1.54) is 24.3 Å². The first-order valence-electron chi connectivity index (χ1n) is 11.0. The molecule has 1 amide bonds. The van der Waals surface area contributed by atoms with E-state index in [2.05, 4.69) is 5.32 Å². The maximum absolute atomic E-state index is 13.5. The summed E-state index contributed by atoms with van der Waals surface area (Å²) >= 11 is 0. The number of benzene rings is 2. The van der Waals surface area contributed by atoms with Gasteiger partial charge in [-0.2, -0.15) is 5.10 Å². The highest BCUT2D eigenvalue weighted by Crippen LogP contribution is 2.33. The smallest absolute Gasteiger partial charge is 0.351 e. The van der Waals surface area contributed by atoms with E-state index in [0.717, 1.165) is 22.4 Å². The topological polar surface area (TPSA) is 59.4 Å². The summed E-state index contributed by atoms with van der Waals surface area (Å²) in [4.78, 5) is 17.8. The van der Waals surface area contributed by atoms with Crippen LogP contribution in [0.4, 0.5) is 13.6 Å². The Balaban J connectivity index is 1.68. The summed E-state index contributed by atoms with van der Waals surface area (Å²) in [6, 6.07) is 12.4. The summed E-state index contributed by atoms with van der Waals surface area (Å²) in [7, 11) is 0. The third-order valence-electron chi connectivity index (χ3n) is 5.58. The van der Waals surface area contributed by atoms with Gasteiger partial charge in [0.25, 0.3) is 0 Å². The second kappa shape index (κ2) is 8.94. The van der Waals surface area contributed by atoms with Gasteiger partial charge in [-0.1, -0.05) is 12.1 Å². The molecule has 6 nitrogen and oxygen atoms in total. The van der Waals surface area contributed by atoms with Crippen molar-refractivity contribution in [1.82, 2.24) is 20.2 Å². The number of hydrogen-bond donors (Lipinski definition) is 1. The van der Waals surface area contributed by atoms with E-state index in [9.17, 15) is 13.6 Å². The quantitative estimate of drug-likeness (QED) is 0.586. The van der Waals surface area contributed by atoms with Crippen molar-refractivity contribution in [3.63, 3.8) is 0 Å². The molecule has 4 rings (SSSR count). The van der Waals surface area contributed by atoms with Crippen molar-refractivity contribution in [1.29, 1.82) is 0 Å². The Morgan fingerprint density at radius 3 is 2.27 bits per heavy atom. The zero-order valence-corrected chi connectivity index (χ0v) is 19.2. The molecule has 0 saturated carbocycles. The maximum Gasteiger partial charge on any atom is 0.426 e. The minimum absolute atomic E-state index is 0.134. The van der Waals surface area contributed by atoms with Gasteiger partial charge in [0.2, 0.25) is 0 Å². The van der Waals surface area contributed by atoms with Crippen LogP contribution in [0.1, 0.15) is 50.6 Å². The fourth-order valence-corrected chi connectivity index (χ4v) is 3.99. The van der Waals surface area contributed by atoms with E-state index >= 15 is 0 Å². The lowest BCUT2D eigenvalue weighted by Gasteiger charge is -2.29. The highest BCUT2D eigenvalue weighted by atomic mass is 19.1. The molecular weight excluding hydrogens is 426 g/mol. The largest absolute Gasteiger partial charge is 0.426 e. The molecule has 1 aromatic heterocycles. The van der Waals surface area contributed by atoms with Gasteiger partial charge in [-0.25, -0.2) is 13.6 Å². The van der Waals surface area contributed by atoms with Crippen LogP contribution in [-0.2, 0) is 17.8 Å². The maximum atomic E-state index is 13.5. The Morgan fingerprint density at radius 1 is 1.06 bits per heavy atom. The molecular formula is C25H28F2N4O2. The molecule has 0 aliphatic carbocycles.